The fourth-order valence-corrected chi connectivity index (χ4v) is 4.26. The molecule has 1 aromatic carbocycles. The maximum absolute atomic E-state index is 14.1. The number of aromatic nitrogens is 2. The van der Waals surface area contributed by atoms with E-state index < -0.39 is 0 Å². The third-order valence-corrected chi connectivity index (χ3v) is 6.05. The van der Waals surface area contributed by atoms with Gasteiger partial charge in [0.1, 0.15) is 11.5 Å². The van der Waals surface area contributed by atoms with Crippen molar-refractivity contribution < 1.29 is 9.18 Å². The summed E-state index contributed by atoms with van der Waals surface area (Å²) in [6, 6.07) is 6.06. The van der Waals surface area contributed by atoms with Gasteiger partial charge in [0.05, 0.1) is 22.0 Å². The number of hydrogen-bond donors (Lipinski definition) is 2. The molecule has 0 saturated carbocycles. The highest BCUT2D eigenvalue weighted by Gasteiger charge is 2.23. The van der Waals surface area contributed by atoms with Crippen molar-refractivity contribution in [2.24, 2.45) is 0 Å². The number of piperazine rings is 1. The Morgan fingerprint density at radius 3 is 2.80 bits per heavy atom. The third-order valence-electron chi connectivity index (χ3n) is 5.73. The average molecular weight is 430 g/mol. The summed E-state index contributed by atoms with van der Waals surface area (Å²) in [5.74, 6) is -0.601. The zero-order chi connectivity index (χ0) is 21.3. The summed E-state index contributed by atoms with van der Waals surface area (Å²) in [5, 5.41) is 4.04. The summed E-state index contributed by atoms with van der Waals surface area (Å²) in [5.41, 5.74) is 2.70. The fraction of sp³-hybridized carbons (Fsp3) is 0.364. The molecule has 2 N–H and O–H groups in total. The number of anilines is 1. The maximum atomic E-state index is 14.1. The number of pyridine rings is 1. The van der Waals surface area contributed by atoms with Crippen LogP contribution in [0.25, 0.3) is 11.0 Å². The van der Waals surface area contributed by atoms with Crippen LogP contribution in [0.4, 0.5) is 10.1 Å². The van der Waals surface area contributed by atoms with E-state index in [2.05, 4.69) is 32.0 Å². The van der Waals surface area contributed by atoms with Gasteiger partial charge >= 0.3 is 0 Å². The topological polar surface area (TPSA) is 64.3 Å². The van der Waals surface area contributed by atoms with E-state index in [1.54, 1.807) is 24.5 Å². The Morgan fingerprint density at radius 1 is 1.30 bits per heavy atom. The second-order valence-electron chi connectivity index (χ2n) is 7.54. The summed E-state index contributed by atoms with van der Waals surface area (Å²) < 4.78 is 14.1. The molecule has 1 saturated heterocycles. The summed E-state index contributed by atoms with van der Waals surface area (Å²) >= 11 is 6.27. The van der Waals surface area contributed by atoms with E-state index in [9.17, 15) is 9.18 Å². The molecule has 8 heteroatoms. The van der Waals surface area contributed by atoms with Crippen molar-refractivity contribution in [2.75, 3.05) is 37.6 Å². The van der Waals surface area contributed by atoms with Crippen LogP contribution in [-0.4, -0.2) is 53.5 Å². The molecule has 1 amide bonds. The number of hydrogen-bond acceptors (Lipinski definition) is 4. The Labute approximate surface area is 180 Å². The Bertz CT molecular complexity index is 1060. The van der Waals surface area contributed by atoms with Crippen LogP contribution in [0, 0.1) is 5.82 Å². The first kappa shape index (κ1) is 20.6. The van der Waals surface area contributed by atoms with Crippen LogP contribution >= 0.6 is 11.6 Å². The van der Waals surface area contributed by atoms with Gasteiger partial charge in [-0.2, -0.15) is 0 Å². The minimum absolute atomic E-state index is 0.283. The molecule has 1 aliphatic heterocycles. The van der Waals surface area contributed by atoms with E-state index in [1.807, 2.05) is 6.92 Å². The molecule has 0 spiro atoms. The summed E-state index contributed by atoms with van der Waals surface area (Å²) in [4.78, 5) is 24.8. The minimum atomic E-state index is -0.382. The highest BCUT2D eigenvalue weighted by Crippen LogP contribution is 2.30. The SMILES string of the molecule is CCN1CCN(c2ccc(F)cc2C(C)NC(=O)c2c[nH]c3nccc(Cl)c23)CC1. The van der Waals surface area contributed by atoms with E-state index in [1.165, 1.54) is 12.1 Å². The van der Waals surface area contributed by atoms with Gasteiger partial charge in [-0.05, 0) is 37.7 Å². The van der Waals surface area contributed by atoms with Crippen LogP contribution in [0.15, 0.2) is 36.7 Å². The molecule has 3 heterocycles. The van der Waals surface area contributed by atoms with E-state index in [-0.39, 0.29) is 17.8 Å². The normalized spacial score (nSPS) is 16.1. The van der Waals surface area contributed by atoms with Crippen molar-refractivity contribution in [3.63, 3.8) is 0 Å². The van der Waals surface area contributed by atoms with Crippen LogP contribution in [0.3, 0.4) is 0 Å². The number of halogens is 2. The first-order chi connectivity index (χ1) is 14.5. The lowest BCUT2D eigenvalue weighted by molar-refractivity contribution is 0.0941. The van der Waals surface area contributed by atoms with Crippen LogP contribution in [0.5, 0.6) is 0 Å². The second kappa shape index (κ2) is 8.62. The number of rotatable bonds is 5. The summed E-state index contributed by atoms with van der Waals surface area (Å²) in [6.45, 7) is 8.73. The predicted octanol–water partition coefficient (Wildman–Crippen LogP) is 3.99. The lowest BCUT2D eigenvalue weighted by atomic mass is 10.0. The largest absolute Gasteiger partial charge is 0.369 e. The molecule has 30 heavy (non-hydrogen) atoms. The molecule has 0 bridgehead atoms. The Balaban J connectivity index is 1.58. The maximum Gasteiger partial charge on any atom is 0.254 e. The van der Waals surface area contributed by atoms with E-state index in [4.69, 9.17) is 11.6 Å². The zero-order valence-electron chi connectivity index (χ0n) is 17.1. The van der Waals surface area contributed by atoms with Gasteiger partial charge in [-0.1, -0.05) is 18.5 Å². The highest BCUT2D eigenvalue weighted by molar-refractivity contribution is 6.36. The number of carbonyl (C=O) groups is 1. The molecular weight excluding hydrogens is 405 g/mol. The highest BCUT2D eigenvalue weighted by atomic mass is 35.5. The molecule has 6 nitrogen and oxygen atoms in total. The number of amides is 1. The molecule has 158 valence electrons. The van der Waals surface area contributed by atoms with Crippen LogP contribution in [0.2, 0.25) is 5.02 Å². The van der Waals surface area contributed by atoms with Gasteiger partial charge in [0.25, 0.3) is 5.91 Å². The van der Waals surface area contributed by atoms with Gasteiger partial charge < -0.3 is 20.1 Å². The standard InChI is InChI=1S/C22H25ClFN5O/c1-3-28-8-10-29(11-9-28)19-5-4-15(24)12-16(19)14(2)27-22(30)17-13-26-21-20(17)18(23)6-7-25-21/h4-7,12-14H,3,8-11H2,1-2H3,(H,25,26)(H,27,30). The quantitative estimate of drug-likeness (QED) is 0.643. The number of H-pyrrole nitrogens is 1. The Morgan fingerprint density at radius 2 is 2.07 bits per heavy atom. The first-order valence-corrected chi connectivity index (χ1v) is 10.5. The monoisotopic (exact) mass is 429 g/mol. The van der Waals surface area contributed by atoms with Crippen molar-refractivity contribution in [1.29, 1.82) is 0 Å². The van der Waals surface area contributed by atoms with Gasteiger partial charge in [-0.3, -0.25) is 4.79 Å². The first-order valence-electron chi connectivity index (χ1n) is 10.2. The predicted molar refractivity (Wildman–Crippen MR) is 118 cm³/mol. The van der Waals surface area contributed by atoms with E-state index in [0.717, 1.165) is 44.0 Å². The number of nitrogens with one attached hydrogen (secondary N) is 2. The second-order valence-corrected chi connectivity index (χ2v) is 7.95. The molecule has 1 fully saturated rings. The molecule has 3 aromatic rings. The lowest BCUT2D eigenvalue weighted by Gasteiger charge is -2.37. The molecule has 4 rings (SSSR count). The smallest absolute Gasteiger partial charge is 0.254 e. The molecule has 0 aliphatic carbocycles. The van der Waals surface area contributed by atoms with Gasteiger partial charge in [0.2, 0.25) is 0 Å². The minimum Gasteiger partial charge on any atom is -0.369 e. The lowest BCUT2D eigenvalue weighted by Crippen LogP contribution is -2.46. The fourth-order valence-electron chi connectivity index (χ4n) is 4.01. The van der Waals surface area contributed by atoms with Crippen molar-refractivity contribution in [3.05, 3.63) is 58.6 Å². The Kier molecular flexibility index (Phi) is 5.92. The molecule has 0 radical (unpaired) electrons. The van der Waals surface area contributed by atoms with Crippen LogP contribution < -0.4 is 10.2 Å². The number of benzene rings is 1. The van der Waals surface area contributed by atoms with Crippen LogP contribution in [-0.2, 0) is 0 Å². The number of carbonyl (C=O) groups excluding carboxylic acids is 1. The summed E-state index contributed by atoms with van der Waals surface area (Å²) in [6.07, 6.45) is 3.19. The number of nitrogens with zero attached hydrogens (tertiary/aromatic N) is 3. The van der Waals surface area contributed by atoms with E-state index >= 15 is 0 Å². The Hall–Kier alpha value is -2.64. The van der Waals surface area contributed by atoms with Gasteiger partial charge in [0, 0.05) is 49.8 Å². The summed E-state index contributed by atoms with van der Waals surface area (Å²) in [7, 11) is 0. The molecular formula is C22H25ClFN5O. The number of likely N-dealkylation sites (N-methyl/N-ethyl adjacent to an activating group) is 1. The van der Waals surface area contributed by atoms with Crippen LogP contribution in [0.1, 0.15) is 35.8 Å². The average Bonchev–Trinajstić information content (AvgIpc) is 3.19. The van der Waals surface area contributed by atoms with Crippen molar-refractivity contribution >= 4 is 34.2 Å². The van der Waals surface area contributed by atoms with Crippen molar-refractivity contribution in [3.8, 4) is 0 Å². The number of aromatic amines is 1. The third kappa shape index (κ3) is 4.00. The van der Waals surface area contributed by atoms with Gasteiger partial charge in [0.15, 0.2) is 0 Å². The zero-order valence-corrected chi connectivity index (χ0v) is 17.8. The number of fused-ring (bicyclic) bond motifs is 1. The molecule has 1 atom stereocenters. The van der Waals surface area contributed by atoms with Crippen molar-refractivity contribution in [2.45, 2.75) is 19.9 Å². The molecule has 2 aromatic heterocycles. The van der Waals surface area contributed by atoms with Crippen molar-refractivity contribution in [1.82, 2.24) is 20.2 Å². The molecule has 1 aliphatic rings. The van der Waals surface area contributed by atoms with Gasteiger partial charge in [-0.15, -0.1) is 0 Å². The molecule has 1 unspecified atom stereocenters. The van der Waals surface area contributed by atoms with E-state index in [0.29, 0.717) is 21.6 Å². The van der Waals surface area contributed by atoms with Gasteiger partial charge in [-0.25, -0.2) is 9.37 Å².